The van der Waals surface area contributed by atoms with E-state index in [2.05, 4.69) is 33.9 Å². The third-order valence-electron chi connectivity index (χ3n) is 3.74. The lowest BCUT2D eigenvalue weighted by Gasteiger charge is -2.21. The van der Waals surface area contributed by atoms with Gasteiger partial charge in [0.25, 0.3) is 0 Å². The molecule has 1 aromatic heterocycles. The van der Waals surface area contributed by atoms with Gasteiger partial charge in [-0.15, -0.1) is 0 Å². The Morgan fingerprint density at radius 1 is 1.54 bits per heavy atom. The van der Waals surface area contributed by atoms with Gasteiger partial charge in [-0.2, -0.15) is 0 Å². The molecule has 8 heteroatoms. The van der Waals surface area contributed by atoms with Crippen molar-refractivity contribution in [3.63, 3.8) is 0 Å². The van der Waals surface area contributed by atoms with Crippen LogP contribution in [0.25, 0.3) is 0 Å². The van der Waals surface area contributed by atoms with Crippen LogP contribution in [0.1, 0.15) is 18.1 Å². The average molecular weight is 426 g/mol. The molecule has 2 amide bonds. The number of thiazole rings is 1. The summed E-state index contributed by atoms with van der Waals surface area (Å²) in [7, 11) is 1.74. The van der Waals surface area contributed by atoms with E-state index in [0.717, 1.165) is 15.8 Å². The molecule has 126 valence electrons. The first-order valence-corrected chi connectivity index (χ1v) is 9.47. The fraction of sp³-hybridized carbons (Fsp3) is 0.312. The summed E-state index contributed by atoms with van der Waals surface area (Å²) >= 11 is 10.2. The number of hydrogen-bond donors (Lipinski definition) is 0. The van der Waals surface area contributed by atoms with E-state index in [1.54, 1.807) is 23.0 Å². The topological polar surface area (TPSA) is 45.7 Å². The summed E-state index contributed by atoms with van der Waals surface area (Å²) in [6.45, 7) is 2.53. The van der Waals surface area contributed by atoms with Gasteiger partial charge in [0, 0.05) is 12.6 Å². The number of aryl methyl sites for hydroxylation is 1. The van der Waals surface area contributed by atoms with Gasteiger partial charge in [0.1, 0.15) is 0 Å². The Balaban J connectivity index is 1.81. The van der Waals surface area contributed by atoms with Crippen LogP contribution < -0.4 is 4.90 Å². The highest BCUT2D eigenvalue weighted by atomic mass is 79.9. The van der Waals surface area contributed by atoms with Crippen LogP contribution in [0.5, 0.6) is 0 Å². The molecule has 0 radical (unpaired) electrons. The summed E-state index contributed by atoms with van der Waals surface area (Å²) in [5, 5.41) is 0.977. The molecule has 1 aliphatic rings. The molecule has 1 aliphatic heterocycles. The lowest BCUT2D eigenvalue weighted by atomic mass is 10.1. The number of hydrogen-bond acceptors (Lipinski definition) is 5. The molecule has 24 heavy (non-hydrogen) atoms. The van der Waals surface area contributed by atoms with Crippen LogP contribution in [0.4, 0.5) is 9.93 Å². The molecule has 1 aromatic carbocycles. The van der Waals surface area contributed by atoms with Crippen molar-refractivity contribution in [3.05, 3.63) is 45.4 Å². The first kappa shape index (κ1) is 17.3. The third kappa shape index (κ3) is 3.45. The van der Waals surface area contributed by atoms with E-state index in [1.165, 1.54) is 16.9 Å². The zero-order valence-corrected chi connectivity index (χ0v) is 16.4. The van der Waals surface area contributed by atoms with E-state index in [-0.39, 0.29) is 6.03 Å². The molecular weight excluding hydrogens is 410 g/mol. The van der Waals surface area contributed by atoms with Gasteiger partial charge in [0.05, 0.1) is 16.5 Å². The van der Waals surface area contributed by atoms with Gasteiger partial charge in [0.2, 0.25) is 6.23 Å². The monoisotopic (exact) mass is 425 g/mol. The Labute approximate surface area is 158 Å². The van der Waals surface area contributed by atoms with Crippen molar-refractivity contribution in [2.24, 2.45) is 0 Å². The second-order valence-electron chi connectivity index (χ2n) is 5.39. The van der Waals surface area contributed by atoms with E-state index in [1.807, 2.05) is 18.2 Å². The van der Waals surface area contributed by atoms with Gasteiger partial charge in [0.15, 0.2) is 10.2 Å². The zero-order chi connectivity index (χ0) is 17.3. The summed E-state index contributed by atoms with van der Waals surface area (Å²) in [5.74, 6) is 0. The summed E-state index contributed by atoms with van der Waals surface area (Å²) in [6.07, 6.45) is 2.12. The standard InChI is InChI=1S/C16H16BrN3O2S2/c1-3-10-5-4-6-11(7-10)14(23)22-13-9-19(2)16(21)20(13)15-18-8-12(17)24-15/h4-8,13H,3,9H2,1-2H3. The molecule has 1 unspecified atom stereocenters. The van der Waals surface area contributed by atoms with Crippen LogP contribution in [0.15, 0.2) is 34.2 Å². The van der Waals surface area contributed by atoms with Crippen molar-refractivity contribution in [2.45, 2.75) is 19.6 Å². The van der Waals surface area contributed by atoms with Gasteiger partial charge < -0.3 is 9.64 Å². The quantitative estimate of drug-likeness (QED) is 0.692. The number of ether oxygens (including phenoxy) is 1. The van der Waals surface area contributed by atoms with Crippen LogP contribution >= 0.6 is 39.5 Å². The van der Waals surface area contributed by atoms with E-state index < -0.39 is 6.23 Å². The number of carbonyl (C=O) groups is 1. The highest BCUT2D eigenvalue weighted by molar-refractivity contribution is 9.11. The van der Waals surface area contributed by atoms with Crippen molar-refractivity contribution in [2.75, 3.05) is 18.5 Å². The first-order valence-electron chi connectivity index (χ1n) is 7.45. The number of carbonyl (C=O) groups excluding carboxylic acids is 1. The number of rotatable bonds is 4. The van der Waals surface area contributed by atoms with Crippen molar-refractivity contribution in [3.8, 4) is 0 Å². The molecular formula is C16H16BrN3O2S2. The van der Waals surface area contributed by atoms with Crippen LogP contribution in [0.2, 0.25) is 0 Å². The normalized spacial score (nSPS) is 17.5. The second kappa shape index (κ2) is 7.16. The lowest BCUT2D eigenvalue weighted by Crippen LogP contribution is -2.37. The molecule has 1 saturated heterocycles. The molecule has 0 bridgehead atoms. The van der Waals surface area contributed by atoms with Crippen LogP contribution in [-0.4, -0.2) is 40.8 Å². The Kier molecular flexibility index (Phi) is 5.17. The Morgan fingerprint density at radius 3 is 3.00 bits per heavy atom. The van der Waals surface area contributed by atoms with Gasteiger partial charge in [-0.3, -0.25) is 0 Å². The van der Waals surface area contributed by atoms with Crippen LogP contribution in [0, 0.1) is 0 Å². The molecule has 1 atom stereocenters. The number of amides is 2. The van der Waals surface area contributed by atoms with Crippen molar-refractivity contribution >= 4 is 55.7 Å². The zero-order valence-electron chi connectivity index (χ0n) is 13.2. The van der Waals surface area contributed by atoms with Crippen molar-refractivity contribution in [1.82, 2.24) is 9.88 Å². The Bertz CT molecular complexity index is 780. The molecule has 0 saturated carbocycles. The summed E-state index contributed by atoms with van der Waals surface area (Å²) < 4.78 is 6.82. The number of benzene rings is 1. The maximum Gasteiger partial charge on any atom is 0.329 e. The number of urea groups is 1. The predicted molar refractivity (Wildman–Crippen MR) is 103 cm³/mol. The number of aromatic nitrogens is 1. The van der Waals surface area contributed by atoms with Gasteiger partial charge in [-0.1, -0.05) is 36.5 Å². The number of thiocarbonyl (C=S) groups is 1. The van der Waals surface area contributed by atoms with Crippen LogP contribution in [-0.2, 0) is 11.2 Å². The lowest BCUT2D eigenvalue weighted by molar-refractivity contribution is 0.202. The SMILES string of the molecule is CCc1cccc(C(=S)OC2CN(C)C(=O)N2c2ncc(Br)s2)c1. The van der Waals surface area contributed by atoms with Crippen molar-refractivity contribution in [1.29, 1.82) is 0 Å². The summed E-state index contributed by atoms with van der Waals surface area (Å²) in [5.41, 5.74) is 2.05. The minimum atomic E-state index is -0.488. The number of nitrogens with zero attached hydrogens (tertiary/aromatic N) is 3. The summed E-state index contributed by atoms with van der Waals surface area (Å²) in [6, 6.07) is 7.82. The van der Waals surface area contributed by atoms with Gasteiger partial charge in [-0.25, -0.2) is 14.7 Å². The van der Waals surface area contributed by atoms with Gasteiger partial charge in [-0.05, 0) is 46.2 Å². The molecule has 0 spiro atoms. The van der Waals surface area contributed by atoms with Gasteiger partial charge >= 0.3 is 6.03 Å². The second-order valence-corrected chi connectivity index (χ2v) is 8.15. The number of halogens is 1. The third-order valence-corrected chi connectivity index (χ3v) is 5.54. The van der Waals surface area contributed by atoms with Crippen LogP contribution in [0.3, 0.4) is 0 Å². The largest absolute Gasteiger partial charge is 0.457 e. The predicted octanol–water partition coefficient (Wildman–Crippen LogP) is 4.06. The highest BCUT2D eigenvalue weighted by Crippen LogP contribution is 2.32. The number of anilines is 1. The molecule has 0 aliphatic carbocycles. The molecule has 2 heterocycles. The number of likely N-dealkylation sites (N-methyl/N-ethyl adjacent to an activating group) is 1. The van der Waals surface area contributed by atoms with E-state index in [0.29, 0.717) is 16.7 Å². The van der Waals surface area contributed by atoms with Crippen molar-refractivity contribution < 1.29 is 9.53 Å². The molecule has 3 rings (SSSR count). The maximum atomic E-state index is 12.4. The Morgan fingerprint density at radius 2 is 2.33 bits per heavy atom. The molecule has 0 N–H and O–H groups in total. The molecule has 2 aromatic rings. The minimum absolute atomic E-state index is 0.146. The minimum Gasteiger partial charge on any atom is -0.457 e. The Hall–Kier alpha value is -1.51. The summed E-state index contributed by atoms with van der Waals surface area (Å²) in [4.78, 5) is 19.8. The van der Waals surface area contributed by atoms with E-state index in [4.69, 9.17) is 17.0 Å². The first-order chi connectivity index (χ1) is 11.5. The molecule has 5 nitrogen and oxygen atoms in total. The van der Waals surface area contributed by atoms with E-state index in [9.17, 15) is 4.79 Å². The smallest absolute Gasteiger partial charge is 0.329 e. The fourth-order valence-corrected chi connectivity index (χ4v) is 3.92. The maximum absolute atomic E-state index is 12.4. The average Bonchev–Trinajstić information content (AvgIpc) is 3.11. The van der Waals surface area contributed by atoms with E-state index >= 15 is 0 Å². The molecule has 1 fully saturated rings. The highest BCUT2D eigenvalue weighted by Gasteiger charge is 2.40. The fourth-order valence-electron chi connectivity index (χ4n) is 2.46.